The van der Waals surface area contributed by atoms with Crippen LogP contribution in [-0.2, 0) is 10.0 Å². The number of hydrogen-bond donors (Lipinski definition) is 1. The lowest BCUT2D eigenvalue weighted by atomic mass is 10.0. The van der Waals surface area contributed by atoms with Crippen LogP contribution in [0.5, 0.6) is 0 Å². The summed E-state index contributed by atoms with van der Waals surface area (Å²) >= 11 is 1.68. The molecule has 1 N–H and O–H groups in total. The third-order valence-corrected chi connectivity index (χ3v) is 6.53. The molecule has 0 radical (unpaired) electrons. The fraction of sp³-hybridized carbons (Fsp3) is 0.909. The van der Waals surface area contributed by atoms with E-state index in [0.717, 1.165) is 12.8 Å². The average molecular weight is 278 g/mol. The lowest BCUT2D eigenvalue weighted by molar-refractivity contribution is 0.518. The maximum absolute atomic E-state index is 11.8. The van der Waals surface area contributed by atoms with Crippen LogP contribution in [0.25, 0.3) is 0 Å². The van der Waals surface area contributed by atoms with Gasteiger partial charge in [-0.05, 0) is 25.5 Å². The van der Waals surface area contributed by atoms with Crippen molar-refractivity contribution in [1.29, 1.82) is 5.26 Å². The summed E-state index contributed by atoms with van der Waals surface area (Å²) in [4.78, 5) is 0. The Morgan fingerprint density at radius 2 is 1.88 bits per heavy atom. The molecule has 0 aromatic carbocycles. The van der Waals surface area contributed by atoms with Crippen LogP contribution in [0.3, 0.4) is 0 Å². The highest BCUT2D eigenvalue weighted by Crippen LogP contribution is 2.29. The van der Waals surface area contributed by atoms with E-state index in [1.165, 1.54) is 0 Å². The highest BCUT2D eigenvalue weighted by molar-refractivity contribution is 8.00. The molecule has 17 heavy (non-hydrogen) atoms. The summed E-state index contributed by atoms with van der Waals surface area (Å²) in [5, 5.41) is 7.84. The second-order valence-electron chi connectivity index (χ2n) is 3.99. The van der Waals surface area contributed by atoms with Crippen molar-refractivity contribution in [1.82, 2.24) is 4.72 Å². The topological polar surface area (TPSA) is 70.0 Å². The van der Waals surface area contributed by atoms with Crippen LogP contribution in [0.2, 0.25) is 0 Å². The Balaban J connectivity index is 4.71. The normalized spacial score (nSPS) is 14.3. The monoisotopic (exact) mass is 278 g/mol. The Morgan fingerprint density at radius 3 is 2.18 bits per heavy atom. The smallest absolute Gasteiger partial charge is 0.213 e. The molecule has 0 saturated carbocycles. The van der Waals surface area contributed by atoms with Gasteiger partial charge in [-0.3, -0.25) is 0 Å². The van der Waals surface area contributed by atoms with Crippen LogP contribution < -0.4 is 4.72 Å². The summed E-state index contributed by atoms with van der Waals surface area (Å²) in [6.07, 6.45) is 4.10. The Hall–Kier alpha value is -0.250. The van der Waals surface area contributed by atoms with Crippen LogP contribution in [0, 0.1) is 11.3 Å². The molecule has 0 amide bonds. The summed E-state index contributed by atoms with van der Waals surface area (Å²) in [7, 11) is -3.51. The summed E-state index contributed by atoms with van der Waals surface area (Å²) in [6.45, 7) is 6.20. The average Bonchev–Trinajstić information content (AvgIpc) is 2.33. The Kier molecular flexibility index (Phi) is 7.14. The van der Waals surface area contributed by atoms with Crippen molar-refractivity contribution in [2.45, 2.75) is 50.0 Å². The minimum Gasteiger partial charge on any atom is -0.213 e. The van der Waals surface area contributed by atoms with Crippen molar-refractivity contribution in [2.75, 3.05) is 12.8 Å². The molecular formula is C11H22N2O2S2. The van der Waals surface area contributed by atoms with Gasteiger partial charge in [-0.1, -0.05) is 20.8 Å². The molecule has 0 aliphatic rings. The van der Waals surface area contributed by atoms with E-state index in [1.54, 1.807) is 18.7 Å². The van der Waals surface area contributed by atoms with E-state index in [2.05, 4.69) is 18.6 Å². The SMILES string of the molecule is CCC(C#N)S(=O)(=O)NCC(CC)(CC)SC. The molecule has 0 fully saturated rings. The van der Waals surface area contributed by atoms with Crippen molar-refractivity contribution in [2.24, 2.45) is 0 Å². The molecule has 0 bridgehead atoms. The van der Waals surface area contributed by atoms with Gasteiger partial charge in [0.25, 0.3) is 0 Å². The molecule has 0 saturated heterocycles. The predicted octanol–water partition coefficient (Wildman–Crippen LogP) is 2.13. The van der Waals surface area contributed by atoms with Gasteiger partial charge in [0, 0.05) is 11.3 Å². The first kappa shape index (κ1) is 16.8. The largest absolute Gasteiger partial charge is 0.228 e. The number of sulfonamides is 1. The predicted molar refractivity (Wildman–Crippen MR) is 73.4 cm³/mol. The number of hydrogen-bond acceptors (Lipinski definition) is 4. The van der Waals surface area contributed by atoms with Gasteiger partial charge >= 0.3 is 0 Å². The number of nitriles is 1. The quantitative estimate of drug-likeness (QED) is 0.738. The summed E-state index contributed by atoms with van der Waals surface area (Å²) < 4.78 is 26.2. The second kappa shape index (κ2) is 7.24. The van der Waals surface area contributed by atoms with E-state index in [4.69, 9.17) is 5.26 Å². The van der Waals surface area contributed by atoms with E-state index in [-0.39, 0.29) is 4.75 Å². The fourth-order valence-electron chi connectivity index (χ4n) is 1.57. The Bertz CT molecular complexity index is 348. The maximum Gasteiger partial charge on any atom is 0.228 e. The van der Waals surface area contributed by atoms with Crippen LogP contribution in [0.4, 0.5) is 0 Å². The van der Waals surface area contributed by atoms with Crippen LogP contribution >= 0.6 is 11.8 Å². The van der Waals surface area contributed by atoms with Gasteiger partial charge in [0.15, 0.2) is 5.25 Å². The Morgan fingerprint density at radius 1 is 1.35 bits per heavy atom. The first-order valence-electron chi connectivity index (χ1n) is 5.84. The molecule has 4 nitrogen and oxygen atoms in total. The van der Waals surface area contributed by atoms with Crippen molar-refractivity contribution < 1.29 is 8.42 Å². The van der Waals surface area contributed by atoms with Crippen molar-refractivity contribution >= 4 is 21.8 Å². The van der Waals surface area contributed by atoms with E-state index in [0.29, 0.717) is 13.0 Å². The standard InChI is InChI=1S/C11H22N2O2S2/c1-5-10(8-12)17(14,15)13-9-11(6-2,7-3)16-4/h10,13H,5-7,9H2,1-4H3. The van der Waals surface area contributed by atoms with Gasteiger partial charge in [-0.2, -0.15) is 17.0 Å². The maximum atomic E-state index is 11.8. The molecule has 1 atom stereocenters. The zero-order chi connectivity index (χ0) is 13.5. The molecule has 0 spiro atoms. The molecule has 6 heteroatoms. The van der Waals surface area contributed by atoms with Gasteiger partial charge in [0.05, 0.1) is 6.07 Å². The van der Waals surface area contributed by atoms with Gasteiger partial charge < -0.3 is 0 Å². The molecule has 0 heterocycles. The molecular weight excluding hydrogens is 256 g/mol. The van der Waals surface area contributed by atoms with Crippen LogP contribution in [0.1, 0.15) is 40.0 Å². The molecule has 0 aromatic heterocycles. The van der Waals surface area contributed by atoms with Crippen molar-refractivity contribution in [3.05, 3.63) is 0 Å². The zero-order valence-corrected chi connectivity index (χ0v) is 12.6. The molecule has 0 rings (SSSR count). The summed E-state index contributed by atoms with van der Waals surface area (Å²) in [5.41, 5.74) is 0. The number of thioether (sulfide) groups is 1. The van der Waals surface area contributed by atoms with E-state index in [1.807, 2.05) is 12.3 Å². The number of nitrogens with zero attached hydrogens (tertiary/aromatic N) is 1. The van der Waals surface area contributed by atoms with Crippen molar-refractivity contribution in [3.8, 4) is 6.07 Å². The van der Waals surface area contributed by atoms with Crippen LogP contribution in [0.15, 0.2) is 0 Å². The third kappa shape index (κ3) is 4.49. The minimum absolute atomic E-state index is 0.0686. The van der Waals surface area contributed by atoms with Crippen molar-refractivity contribution in [3.63, 3.8) is 0 Å². The first-order chi connectivity index (χ1) is 7.91. The van der Waals surface area contributed by atoms with Gasteiger partial charge in [-0.15, -0.1) is 0 Å². The summed E-state index contributed by atoms with van der Waals surface area (Å²) in [5.74, 6) is 0. The fourth-order valence-corrected chi connectivity index (χ4v) is 3.72. The summed E-state index contributed by atoms with van der Waals surface area (Å²) in [6, 6.07) is 1.83. The lowest BCUT2D eigenvalue weighted by Gasteiger charge is -2.30. The van der Waals surface area contributed by atoms with Gasteiger partial charge in [0.1, 0.15) is 0 Å². The molecule has 0 aliphatic carbocycles. The van der Waals surface area contributed by atoms with Gasteiger partial charge in [-0.25, -0.2) is 13.1 Å². The first-order valence-corrected chi connectivity index (χ1v) is 8.61. The number of rotatable bonds is 8. The molecule has 0 aliphatic heterocycles. The van der Waals surface area contributed by atoms with Gasteiger partial charge in [0.2, 0.25) is 10.0 Å². The van der Waals surface area contributed by atoms with E-state index in [9.17, 15) is 8.42 Å². The number of nitrogens with one attached hydrogen (secondary N) is 1. The third-order valence-electron chi connectivity index (χ3n) is 3.21. The minimum atomic E-state index is -3.51. The molecule has 0 aromatic rings. The van der Waals surface area contributed by atoms with E-state index < -0.39 is 15.3 Å². The molecule has 100 valence electrons. The second-order valence-corrected chi connectivity index (χ2v) is 7.21. The zero-order valence-electron chi connectivity index (χ0n) is 11.0. The highest BCUT2D eigenvalue weighted by Gasteiger charge is 2.30. The van der Waals surface area contributed by atoms with E-state index >= 15 is 0 Å². The Labute approximate surface area is 109 Å². The molecule has 1 unspecified atom stereocenters. The lowest BCUT2D eigenvalue weighted by Crippen LogP contribution is -2.42. The highest BCUT2D eigenvalue weighted by atomic mass is 32.2. The van der Waals surface area contributed by atoms with Crippen LogP contribution in [-0.4, -0.2) is 31.2 Å².